The third-order valence-corrected chi connectivity index (χ3v) is 7.61. The molecule has 1 saturated heterocycles. The number of carbonyl (C=O) groups is 3. The first kappa shape index (κ1) is 26.1. The van der Waals surface area contributed by atoms with Gasteiger partial charge in [0, 0.05) is 48.6 Å². The topological polar surface area (TPSA) is 116 Å². The number of rotatable bonds is 6. The van der Waals surface area contributed by atoms with Crippen LogP contribution in [0, 0.1) is 0 Å². The van der Waals surface area contributed by atoms with Gasteiger partial charge in [-0.05, 0) is 60.6 Å². The predicted octanol–water partition coefficient (Wildman–Crippen LogP) is 3.25. The molecule has 0 radical (unpaired) electrons. The van der Waals surface area contributed by atoms with Crippen LogP contribution in [0.15, 0.2) is 42.5 Å². The molecule has 0 saturated carbocycles. The summed E-state index contributed by atoms with van der Waals surface area (Å²) in [6.45, 7) is 5.67. The van der Waals surface area contributed by atoms with Gasteiger partial charge in [0.25, 0.3) is 0 Å². The van der Waals surface area contributed by atoms with E-state index in [2.05, 4.69) is 46.6 Å². The smallest absolute Gasteiger partial charge is 0.414 e. The number of ether oxygens (including phenoxy) is 1. The number of aliphatic carboxylic acids is 2. The number of benzene rings is 2. The highest BCUT2D eigenvalue weighted by molar-refractivity contribution is 6.30. The maximum Gasteiger partial charge on any atom is 0.414 e. The number of fused-ring (bicyclic) bond motifs is 8. The first-order valence-corrected chi connectivity index (χ1v) is 12.6. The molecule has 36 heavy (non-hydrogen) atoms. The number of halogens is 1. The van der Waals surface area contributed by atoms with Gasteiger partial charge < -0.3 is 25.2 Å². The van der Waals surface area contributed by atoms with Gasteiger partial charge in [-0.15, -0.1) is 0 Å². The number of nitrogens with one attached hydrogen (secondary N) is 1. The zero-order valence-electron chi connectivity index (χ0n) is 20.2. The summed E-state index contributed by atoms with van der Waals surface area (Å²) in [5, 5.41) is 18.7. The Hall–Kier alpha value is -2.94. The van der Waals surface area contributed by atoms with E-state index in [0.29, 0.717) is 12.5 Å². The standard InChI is InChI=1S/C25H29ClN2O2.C2H2O4/c1-2-30-15-24(29)27-18-9-11-28(12-10-18)16-25-14-21(19-5-3-4-6-22(19)25)20-8-7-17(26)13-23(20)25;3-1(4)2(5)6/h3-8,13,18,21H,2,9-12,14-16H2,1H3,(H,27,29);(H,3,4)(H,5,6)/t21-,25+;/m1./s1. The number of piperidine rings is 1. The van der Waals surface area contributed by atoms with Gasteiger partial charge in [-0.3, -0.25) is 4.79 Å². The van der Waals surface area contributed by atoms with E-state index >= 15 is 0 Å². The molecule has 1 fully saturated rings. The number of likely N-dealkylation sites (tertiary alicyclic amines) is 1. The molecule has 1 heterocycles. The quantitative estimate of drug-likeness (QED) is 0.507. The average molecular weight is 515 g/mol. The summed E-state index contributed by atoms with van der Waals surface area (Å²) in [5.74, 6) is -3.16. The molecule has 0 aromatic heterocycles. The Morgan fingerprint density at radius 2 is 1.72 bits per heavy atom. The molecule has 9 heteroatoms. The van der Waals surface area contributed by atoms with E-state index in [-0.39, 0.29) is 24.0 Å². The van der Waals surface area contributed by atoms with E-state index in [0.717, 1.165) is 43.9 Å². The van der Waals surface area contributed by atoms with Crippen molar-refractivity contribution in [1.82, 2.24) is 10.2 Å². The maximum absolute atomic E-state index is 12.0. The Balaban J connectivity index is 0.000000455. The number of carbonyl (C=O) groups excluding carboxylic acids is 1. The molecule has 5 rings (SSSR count). The Morgan fingerprint density at radius 1 is 1.06 bits per heavy atom. The molecular weight excluding hydrogens is 484 g/mol. The third kappa shape index (κ3) is 5.26. The van der Waals surface area contributed by atoms with E-state index in [1.54, 1.807) is 0 Å². The number of hydrogen-bond donors (Lipinski definition) is 3. The Bertz CT molecular complexity index is 1130. The van der Waals surface area contributed by atoms with Crippen LogP contribution < -0.4 is 5.32 Å². The van der Waals surface area contributed by atoms with Gasteiger partial charge in [-0.2, -0.15) is 0 Å². The lowest BCUT2D eigenvalue weighted by Gasteiger charge is -2.40. The van der Waals surface area contributed by atoms with Crippen molar-refractivity contribution in [3.8, 4) is 0 Å². The van der Waals surface area contributed by atoms with Crippen LogP contribution in [0.4, 0.5) is 0 Å². The Labute approximate surface area is 215 Å². The van der Waals surface area contributed by atoms with Crippen molar-refractivity contribution in [2.75, 3.05) is 32.8 Å². The molecule has 2 aliphatic carbocycles. The van der Waals surface area contributed by atoms with Crippen molar-refractivity contribution in [3.63, 3.8) is 0 Å². The first-order valence-electron chi connectivity index (χ1n) is 12.2. The van der Waals surface area contributed by atoms with Crippen LogP contribution in [-0.2, 0) is 24.5 Å². The summed E-state index contributed by atoms with van der Waals surface area (Å²) in [5.41, 5.74) is 5.89. The number of amides is 1. The fourth-order valence-electron chi connectivity index (χ4n) is 5.90. The lowest BCUT2D eigenvalue weighted by Crippen LogP contribution is -2.49. The summed E-state index contributed by atoms with van der Waals surface area (Å²) in [6, 6.07) is 15.7. The van der Waals surface area contributed by atoms with Gasteiger partial charge in [0.15, 0.2) is 0 Å². The van der Waals surface area contributed by atoms with Crippen LogP contribution in [0.25, 0.3) is 0 Å². The second-order valence-electron chi connectivity index (χ2n) is 9.52. The summed E-state index contributed by atoms with van der Waals surface area (Å²) in [4.78, 5) is 32.8. The first-order chi connectivity index (χ1) is 17.2. The fourth-order valence-corrected chi connectivity index (χ4v) is 6.07. The monoisotopic (exact) mass is 514 g/mol. The molecule has 1 amide bonds. The van der Waals surface area contributed by atoms with E-state index < -0.39 is 11.9 Å². The molecule has 3 N–H and O–H groups in total. The number of carboxylic acid groups (broad SMARTS) is 2. The van der Waals surface area contributed by atoms with Crippen molar-refractivity contribution >= 4 is 29.4 Å². The van der Waals surface area contributed by atoms with Crippen molar-refractivity contribution in [3.05, 3.63) is 69.7 Å². The zero-order chi connectivity index (χ0) is 25.9. The Morgan fingerprint density at radius 3 is 2.39 bits per heavy atom. The zero-order valence-corrected chi connectivity index (χ0v) is 21.0. The summed E-state index contributed by atoms with van der Waals surface area (Å²) >= 11 is 6.43. The minimum Gasteiger partial charge on any atom is -0.473 e. The van der Waals surface area contributed by atoms with Crippen molar-refractivity contribution in [1.29, 1.82) is 0 Å². The van der Waals surface area contributed by atoms with Gasteiger partial charge in [-0.25, -0.2) is 9.59 Å². The minimum absolute atomic E-state index is 0.000757. The van der Waals surface area contributed by atoms with Gasteiger partial charge >= 0.3 is 11.9 Å². The lowest BCUT2D eigenvalue weighted by molar-refractivity contribution is -0.159. The van der Waals surface area contributed by atoms with Crippen LogP contribution in [0.3, 0.4) is 0 Å². The average Bonchev–Trinajstić information content (AvgIpc) is 3.36. The van der Waals surface area contributed by atoms with Crippen LogP contribution >= 0.6 is 11.6 Å². The van der Waals surface area contributed by atoms with Crippen LogP contribution in [-0.4, -0.2) is 71.8 Å². The maximum atomic E-state index is 12.0. The molecule has 192 valence electrons. The molecular formula is C27H31ClN2O6. The predicted molar refractivity (Wildman–Crippen MR) is 135 cm³/mol. The highest BCUT2D eigenvalue weighted by Gasteiger charge is 2.53. The van der Waals surface area contributed by atoms with E-state index in [4.69, 9.17) is 36.1 Å². The fraction of sp³-hybridized carbons (Fsp3) is 0.444. The number of carboxylic acids is 2. The molecule has 2 aromatic rings. The van der Waals surface area contributed by atoms with E-state index in [9.17, 15) is 4.79 Å². The second-order valence-corrected chi connectivity index (χ2v) is 9.96. The van der Waals surface area contributed by atoms with Gasteiger partial charge in [0.2, 0.25) is 5.91 Å². The highest BCUT2D eigenvalue weighted by Crippen LogP contribution is 2.60. The number of nitrogens with zero attached hydrogens (tertiary/aromatic N) is 1. The minimum atomic E-state index is -1.82. The SMILES string of the molecule is CCOCC(=O)NC1CCN(C[C@@]23C[C@H](c4ccccc42)c2ccc(Cl)cc23)CC1.O=C(O)C(=O)O. The highest BCUT2D eigenvalue weighted by atomic mass is 35.5. The van der Waals surface area contributed by atoms with E-state index in [1.807, 2.05) is 13.0 Å². The molecule has 0 spiro atoms. The van der Waals surface area contributed by atoms with Crippen LogP contribution in [0.5, 0.6) is 0 Å². The lowest BCUT2D eigenvalue weighted by atomic mass is 9.74. The van der Waals surface area contributed by atoms with Crippen molar-refractivity contribution < 1.29 is 29.3 Å². The summed E-state index contributed by atoms with van der Waals surface area (Å²) < 4.78 is 5.22. The molecule has 3 aliphatic rings. The van der Waals surface area contributed by atoms with E-state index in [1.165, 1.54) is 22.3 Å². The summed E-state index contributed by atoms with van der Waals surface area (Å²) in [6.07, 6.45) is 3.12. The molecule has 1 aliphatic heterocycles. The van der Waals surface area contributed by atoms with Gasteiger partial charge in [-0.1, -0.05) is 41.9 Å². The Kier molecular flexibility index (Phi) is 7.97. The van der Waals surface area contributed by atoms with Gasteiger partial charge in [0.1, 0.15) is 6.61 Å². The second kappa shape index (κ2) is 11.0. The molecule has 0 unspecified atom stereocenters. The van der Waals surface area contributed by atoms with Crippen molar-refractivity contribution in [2.45, 2.75) is 43.6 Å². The van der Waals surface area contributed by atoms with Crippen LogP contribution in [0.2, 0.25) is 5.02 Å². The molecule has 2 bridgehead atoms. The molecule has 8 nitrogen and oxygen atoms in total. The molecule has 2 atom stereocenters. The third-order valence-electron chi connectivity index (χ3n) is 7.38. The summed E-state index contributed by atoms with van der Waals surface area (Å²) in [7, 11) is 0. The van der Waals surface area contributed by atoms with Crippen LogP contribution in [0.1, 0.15) is 54.4 Å². The number of hydrogen-bond acceptors (Lipinski definition) is 5. The molecule has 2 aromatic carbocycles. The normalized spacial score (nSPS) is 22.2. The largest absolute Gasteiger partial charge is 0.473 e. The van der Waals surface area contributed by atoms with Crippen molar-refractivity contribution in [2.24, 2.45) is 0 Å². The van der Waals surface area contributed by atoms with Gasteiger partial charge in [0.05, 0.1) is 0 Å².